The number of hydrogen-bond donors (Lipinski definition) is 0. The van der Waals surface area contributed by atoms with Crippen LogP contribution in [0.3, 0.4) is 0 Å². The van der Waals surface area contributed by atoms with Gasteiger partial charge in [-0.25, -0.2) is 9.78 Å². The number of ether oxygens (including phenoxy) is 1. The van der Waals surface area contributed by atoms with E-state index in [9.17, 15) is 4.79 Å². The van der Waals surface area contributed by atoms with E-state index in [1.807, 2.05) is 0 Å². The Kier molecular flexibility index (Phi) is 3.61. The van der Waals surface area contributed by atoms with E-state index in [2.05, 4.69) is 10.9 Å². The van der Waals surface area contributed by atoms with E-state index in [1.165, 1.54) is 6.20 Å². The van der Waals surface area contributed by atoms with Crippen LogP contribution in [0.15, 0.2) is 42.6 Å². The molecule has 88 valence electrons. The largest absolute Gasteiger partial charge is 0.420 e. The monoisotopic (exact) mass is 257 g/mol. The molecule has 1 heterocycles. The summed E-state index contributed by atoms with van der Waals surface area (Å²) in [6.07, 6.45) is 6.75. The number of carbonyl (C=O) groups excluding carboxylic acids is 1. The fraction of sp³-hybridized carbons (Fsp3) is 0. The second-order valence-electron chi connectivity index (χ2n) is 3.39. The highest BCUT2D eigenvalue weighted by molar-refractivity contribution is 6.32. The Bertz CT molecular complexity index is 617. The maximum absolute atomic E-state index is 11.7. The van der Waals surface area contributed by atoms with E-state index in [4.69, 9.17) is 22.8 Å². The Labute approximate surface area is 109 Å². The predicted molar refractivity (Wildman–Crippen MR) is 68.6 cm³/mol. The van der Waals surface area contributed by atoms with Crippen molar-refractivity contribution in [3.8, 4) is 18.1 Å². The third-order valence-electron chi connectivity index (χ3n) is 2.18. The van der Waals surface area contributed by atoms with E-state index < -0.39 is 5.97 Å². The van der Waals surface area contributed by atoms with Gasteiger partial charge in [0.25, 0.3) is 0 Å². The van der Waals surface area contributed by atoms with Crippen LogP contribution in [0.4, 0.5) is 0 Å². The van der Waals surface area contributed by atoms with Crippen LogP contribution in [-0.2, 0) is 0 Å². The highest BCUT2D eigenvalue weighted by Gasteiger charge is 2.11. The third-order valence-corrected chi connectivity index (χ3v) is 2.47. The summed E-state index contributed by atoms with van der Waals surface area (Å²) in [5.41, 5.74) is 0.840. The average Bonchev–Trinajstić information content (AvgIpc) is 2.42. The van der Waals surface area contributed by atoms with Gasteiger partial charge in [0, 0.05) is 11.8 Å². The molecule has 0 bridgehead atoms. The molecule has 2 aromatic rings. The summed E-state index contributed by atoms with van der Waals surface area (Å²) in [7, 11) is 0. The molecule has 0 radical (unpaired) electrons. The SMILES string of the molecule is C#Cc1ccc(OC(=O)c2ccccn2)c(Cl)c1. The molecule has 0 spiro atoms. The highest BCUT2D eigenvalue weighted by atomic mass is 35.5. The number of carbonyl (C=O) groups is 1. The molecule has 0 aliphatic rings. The van der Waals surface area contributed by atoms with Gasteiger partial charge < -0.3 is 4.74 Å². The number of esters is 1. The van der Waals surface area contributed by atoms with Gasteiger partial charge in [0.15, 0.2) is 0 Å². The van der Waals surface area contributed by atoms with Gasteiger partial charge in [0.2, 0.25) is 0 Å². The van der Waals surface area contributed by atoms with Crippen LogP contribution >= 0.6 is 11.6 Å². The number of nitrogens with zero attached hydrogens (tertiary/aromatic N) is 1. The standard InChI is InChI=1S/C14H8ClNO2/c1-2-10-6-7-13(11(15)9-10)18-14(17)12-5-3-4-8-16-12/h1,3-9H. The zero-order valence-electron chi connectivity index (χ0n) is 9.26. The van der Waals surface area contributed by atoms with Crippen LogP contribution in [0, 0.1) is 12.3 Å². The first-order valence-electron chi connectivity index (χ1n) is 5.10. The highest BCUT2D eigenvalue weighted by Crippen LogP contribution is 2.25. The Balaban J connectivity index is 2.20. The van der Waals surface area contributed by atoms with E-state index >= 15 is 0 Å². The van der Waals surface area contributed by atoms with E-state index in [0.717, 1.165) is 0 Å². The lowest BCUT2D eigenvalue weighted by atomic mass is 10.2. The van der Waals surface area contributed by atoms with Crippen molar-refractivity contribution in [2.24, 2.45) is 0 Å². The molecule has 0 saturated heterocycles. The molecular weight excluding hydrogens is 250 g/mol. The number of pyridine rings is 1. The van der Waals surface area contributed by atoms with Gasteiger partial charge in [0.05, 0.1) is 5.02 Å². The minimum atomic E-state index is -0.564. The van der Waals surface area contributed by atoms with E-state index in [0.29, 0.717) is 5.56 Å². The van der Waals surface area contributed by atoms with Crippen molar-refractivity contribution in [1.29, 1.82) is 0 Å². The van der Waals surface area contributed by atoms with Crippen LogP contribution in [-0.4, -0.2) is 11.0 Å². The Morgan fingerprint density at radius 3 is 2.78 bits per heavy atom. The number of rotatable bonds is 2. The first kappa shape index (κ1) is 12.2. The molecule has 18 heavy (non-hydrogen) atoms. The molecule has 0 saturated carbocycles. The number of terminal acetylenes is 1. The average molecular weight is 258 g/mol. The van der Waals surface area contributed by atoms with Gasteiger partial charge in [-0.1, -0.05) is 23.6 Å². The predicted octanol–water partition coefficient (Wildman–Crippen LogP) is 2.94. The first-order valence-corrected chi connectivity index (χ1v) is 5.48. The smallest absolute Gasteiger partial charge is 0.362 e. The lowest BCUT2D eigenvalue weighted by molar-refractivity contribution is 0.0728. The van der Waals surface area contributed by atoms with Crippen molar-refractivity contribution < 1.29 is 9.53 Å². The van der Waals surface area contributed by atoms with Crippen LogP contribution in [0.2, 0.25) is 5.02 Å². The molecule has 3 nitrogen and oxygen atoms in total. The Hall–Kier alpha value is -2.31. The topological polar surface area (TPSA) is 39.2 Å². The summed E-state index contributed by atoms with van der Waals surface area (Å²) in [6, 6.07) is 9.73. The fourth-order valence-corrected chi connectivity index (χ4v) is 1.53. The summed E-state index contributed by atoms with van der Waals surface area (Å²) in [4.78, 5) is 15.6. The van der Waals surface area contributed by atoms with Gasteiger partial charge in [0.1, 0.15) is 11.4 Å². The fourth-order valence-electron chi connectivity index (χ4n) is 1.31. The summed E-state index contributed by atoms with van der Waals surface area (Å²) < 4.78 is 5.13. The second kappa shape index (κ2) is 5.35. The van der Waals surface area contributed by atoms with Gasteiger partial charge in [-0.15, -0.1) is 6.42 Å². The summed E-state index contributed by atoms with van der Waals surface area (Å²) >= 11 is 5.95. The molecule has 0 atom stereocenters. The molecule has 0 fully saturated rings. The molecule has 0 amide bonds. The zero-order chi connectivity index (χ0) is 13.0. The number of aromatic nitrogens is 1. The summed E-state index contributed by atoms with van der Waals surface area (Å²) in [5, 5.41) is 0.287. The van der Waals surface area contributed by atoms with Crippen LogP contribution in [0.1, 0.15) is 16.1 Å². The summed E-state index contributed by atoms with van der Waals surface area (Å²) in [6.45, 7) is 0. The minimum absolute atomic E-state index is 0.217. The molecule has 1 aromatic carbocycles. The van der Waals surface area contributed by atoms with E-state index in [-0.39, 0.29) is 16.5 Å². The zero-order valence-corrected chi connectivity index (χ0v) is 10.0. The normalized spacial score (nSPS) is 9.56. The van der Waals surface area contributed by atoms with Crippen molar-refractivity contribution in [2.45, 2.75) is 0 Å². The molecule has 0 unspecified atom stereocenters. The van der Waals surface area contributed by atoms with Gasteiger partial charge in [-0.2, -0.15) is 0 Å². The lowest BCUT2D eigenvalue weighted by Crippen LogP contribution is -2.10. The van der Waals surface area contributed by atoms with Crippen molar-refractivity contribution in [1.82, 2.24) is 4.98 Å². The van der Waals surface area contributed by atoms with Gasteiger partial charge in [-0.05, 0) is 30.3 Å². The summed E-state index contributed by atoms with van der Waals surface area (Å²) in [5.74, 6) is 2.13. The number of hydrogen-bond acceptors (Lipinski definition) is 3. The third kappa shape index (κ3) is 2.68. The van der Waals surface area contributed by atoms with Crippen molar-refractivity contribution in [3.63, 3.8) is 0 Å². The molecule has 4 heteroatoms. The maximum Gasteiger partial charge on any atom is 0.362 e. The molecule has 0 aliphatic carbocycles. The maximum atomic E-state index is 11.7. The lowest BCUT2D eigenvalue weighted by Gasteiger charge is -2.05. The quantitative estimate of drug-likeness (QED) is 0.472. The van der Waals surface area contributed by atoms with Gasteiger partial charge >= 0.3 is 5.97 Å². The number of benzene rings is 1. The van der Waals surface area contributed by atoms with Crippen LogP contribution < -0.4 is 4.74 Å². The van der Waals surface area contributed by atoms with E-state index in [1.54, 1.807) is 36.4 Å². The van der Waals surface area contributed by atoms with Crippen molar-refractivity contribution >= 4 is 17.6 Å². The van der Waals surface area contributed by atoms with Crippen LogP contribution in [0.5, 0.6) is 5.75 Å². The van der Waals surface area contributed by atoms with Crippen LogP contribution in [0.25, 0.3) is 0 Å². The Morgan fingerprint density at radius 1 is 1.33 bits per heavy atom. The van der Waals surface area contributed by atoms with Crippen molar-refractivity contribution in [3.05, 3.63) is 58.9 Å². The molecule has 2 rings (SSSR count). The second-order valence-corrected chi connectivity index (χ2v) is 3.80. The molecular formula is C14H8ClNO2. The Morgan fingerprint density at radius 2 is 2.17 bits per heavy atom. The minimum Gasteiger partial charge on any atom is -0.420 e. The first-order chi connectivity index (χ1) is 8.70. The number of halogens is 1. The molecule has 0 N–H and O–H groups in total. The molecule has 1 aromatic heterocycles. The molecule has 0 aliphatic heterocycles. The van der Waals surface area contributed by atoms with Gasteiger partial charge in [-0.3, -0.25) is 0 Å². The van der Waals surface area contributed by atoms with Crippen molar-refractivity contribution in [2.75, 3.05) is 0 Å².